The van der Waals surface area contributed by atoms with Crippen LogP contribution in [0.5, 0.6) is 0 Å². The summed E-state index contributed by atoms with van der Waals surface area (Å²) in [6, 6.07) is 20.3. The lowest BCUT2D eigenvalue weighted by Crippen LogP contribution is -3.00. The molecule has 0 saturated carbocycles. The average Bonchev–Trinajstić information content (AvgIpc) is 3.47. The maximum absolute atomic E-state index is 12.2. The Bertz CT molecular complexity index is 1120. The lowest BCUT2D eigenvalue weighted by atomic mass is 10.2. The Kier molecular flexibility index (Phi) is 11.7. The van der Waals surface area contributed by atoms with Crippen molar-refractivity contribution in [1.82, 2.24) is 19.8 Å². The summed E-state index contributed by atoms with van der Waals surface area (Å²) < 4.78 is 7.75. The van der Waals surface area contributed by atoms with Gasteiger partial charge >= 0.3 is 0 Å². The fourth-order valence-corrected chi connectivity index (χ4v) is 3.69. The topological polar surface area (TPSA) is 75.8 Å². The smallest absolute Gasteiger partial charge is 0.262 e. The maximum atomic E-state index is 12.2. The highest BCUT2D eigenvalue weighted by molar-refractivity contribution is 5.76. The predicted octanol–water partition coefficient (Wildman–Crippen LogP) is -5.10. The zero-order valence-corrected chi connectivity index (χ0v) is 21.4. The number of nitrogens with one attached hydrogen (secondary N) is 2. The fourth-order valence-electron chi connectivity index (χ4n) is 3.69. The van der Waals surface area contributed by atoms with E-state index in [1.165, 1.54) is 11.1 Å². The highest BCUT2D eigenvalue weighted by atomic mass is 35.5. The van der Waals surface area contributed by atoms with Gasteiger partial charge in [0.15, 0.2) is 13.1 Å². The molecule has 8 nitrogen and oxygen atoms in total. The van der Waals surface area contributed by atoms with Crippen LogP contribution in [0.3, 0.4) is 0 Å². The molecule has 2 heterocycles. The third kappa shape index (κ3) is 9.20. The molecule has 36 heavy (non-hydrogen) atoms. The summed E-state index contributed by atoms with van der Waals surface area (Å²) in [6.07, 6.45) is 11.5. The van der Waals surface area contributed by atoms with E-state index in [0.717, 1.165) is 13.1 Å². The Morgan fingerprint density at radius 2 is 1.03 bits per heavy atom. The molecule has 0 saturated heterocycles. The number of rotatable bonds is 11. The van der Waals surface area contributed by atoms with Gasteiger partial charge in [-0.2, -0.15) is 0 Å². The van der Waals surface area contributed by atoms with Crippen LogP contribution in [0, 0.1) is 0 Å². The van der Waals surface area contributed by atoms with Crippen molar-refractivity contribution in [1.29, 1.82) is 0 Å². The van der Waals surface area contributed by atoms with E-state index in [-0.39, 0.29) is 49.7 Å². The largest absolute Gasteiger partial charge is 1.00 e. The van der Waals surface area contributed by atoms with Crippen molar-refractivity contribution in [3.63, 3.8) is 0 Å². The van der Waals surface area contributed by atoms with E-state index in [4.69, 9.17) is 0 Å². The van der Waals surface area contributed by atoms with Crippen LogP contribution in [0.1, 0.15) is 11.1 Å². The van der Waals surface area contributed by atoms with Gasteiger partial charge in [-0.25, -0.2) is 18.3 Å². The Labute approximate surface area is 223 Å². The molecule has 2 aromatic carbocycles. The summed E-state index contributed by atoms with van der Waals surface area (Å²) >= 11 is 0. The quantitative estimate of drug-likeness (QED) is 0.151. The Morgan fingerprint density at radius 3 is 1.42 bits per heavy atom. The zero-order valence-electron chi connectivity index (χ0n) is 19.8. The van der Waals surface area contributed by atoms with Gasteiger partial charge in [0.05, 0.1) is 0 Å². The monoisotopic (exact) mass is 528 g/mol. The number of halogens is 2. The summed E-state index contributed by atoms with van der Waals surface area (Å²) in [7, 11) is 0. The number of amides is 2. The van der Waals surface area contributed by atoms with E-state index in [1.54, 1.807) is 0 Å². The van der Waals surface area contributed by atoms with Gasteiger partial charge in [0.2, 0.25) is 12.7 Å². The normalized spacial score (nSPS) is 10.1. The molecule has 0 spiro atoms. The van der Waals surface area contributed by atoms with Crippen molar-refractivity contribution in [2.45, 2.75) is 26.2 Å². The number of carbonyl (C=O) groups excluding carboxylic acids is 2. The molecule has 4 rings (SSSR count). The molecule has 0 unspecified atom stereocenters. The van der Waals surface area contributed by atoms with Crippen LogP contribution in [-0.2, 0) is 35.8 Å². The molecule has 0 fully saturated rings. The van der Waals surface area contributed by atoms with E-state index < -0.39 is 0 Å². The molecule has 2 N–H and O–H groups in total. The first kappa shape index (κ1) is 28.6. The molecule has 190 valence electrons. The molecule has 0 radical (unpaired) electrons. The second kappa shape index (κ2) is 14.7. The van der Waals surface area contributed by atoms with E-state index in [2.05, 4.69) is 34.9 Å². The van der Waals surface area contributed by atoms with Crippen LogP contribution >= 0.6 is 0 Å². The number of benzene rings is 2. The summed E-state index contributed by atoms with van der Waals surface area (Å²) in [5.74, 6) is -0.187. The van der Waals surface area contributed by atoms with Gasteiger partial charge in [-0.15, -0.1) is 0 Å². The van der Waals surface area contributed by atoms with Gasteiger partial charge in [0, 0.05) is 13.1 Å². The van der Waals surface area contributed by atoms with Crippen molar-refractivity contribution in [2.75, 3.05) is 13.1 Å². The maximum Gasteiger partial charge on any atom is 0.262 e. The van der Waals surface area contributed by atoms with E-state index in [0.29, 0.717) is 13.1 Å². The number of hydrogen-bond donors (Lipinski definition) is 2. The number of aromatic nitrogens is 4. The van der Waals surface area contributed by atoms with Crippen molar-refractivity contribution < 1.29 is 43.5 Å². The van der Waals surface area contributed by atoms with Crippen LogP contribution in [0.4, 0.5) is 0 Å². The number of imidazole rings is 2. The highest BCUT2D eigenvalue weighted by Crippen LogP contribution is 1.98. The molecule has 2 amide bonds. The van der Waals surface area contributed by atoms with Crippen molar-refractivity contribution in [3.8, 4) is 0 Å². The Hall–Kier alpha value is -3.62. The standard InChI is InChI=1S/C26H28N6O2.2ClH/c33-25(19-31-15-13-29(21-31)17-23-7-3-1-4-8-23)27-11-12-28-26(34)20-32-16-14-30(22-32)18-24-9-5-2-6-10-24;;/h1-10,13-16,21-22H,11-12,17-20H2;2*1H. The first-order valence-corrected chi connectivity index (χ1v) is 11.3. The van der Waals surface area contributed by atoms with E-state index >= 15 is 0 Å². The summed E-state index contributed by atoms with van der Waals surface area (Å²) in [5.41, 5.74) is 2.41. The van der Waals surface area contributed by atoms with E-state index in [9.17, 15) is 9.59 Å². The van der Waals surface area contributed by atoms with Gasteiger partial charge in [0.25, 0.3) is 11.8 Å². The second-order valence-electron chi connectivity index (χ2n) is 8.19. The molecule has 0 aliphatic carbocycles. The van der Waals surface area contributed by atoms with Crippen LogP contribution in [-0.4, -0.2) is 34.0 Å². The van der Waals surface area contributed by atoms with Gasteiger partial charge in [-0.1, -0.05) is 60.7 Å². The molecular weight excluding hydrogens is 499 g/mol. The predicted molar refractivity (Wildman–Crippen MR) is 126 cm³/mol. The van der Waals surface area contributed by atoms with Gasteiger partial charge < -0.3 is 35.4 Å². The minimum absolute atomic E-state index is 0. The molecule has 0 aliphatic rings. The molecule has 4 aromatic rings. The number of nitrogens with zero attached hydrogens (tertiary/aromatic N) is 4. The molecule has 2 aromatic heterocycles. The Morgan fingerprint density at radius 1 is 0.639 bits per heavy atom. The third-order valence-electron chi connectivity index (χ3n) is 5.33. The lowest BCUT2D eigenvalue weighted by Gasteiger charge is -2.05. The molecule has 0 bridgehead atoms. The summed E-state index contributed by atoms with van der Waals surface area (Å²) in [6.45, 7) is 2.76. The molecule has 0 aliphatic heterocycles. The average molecular weight is 529 g/mol. The fraction of sp³-hybridized carbons (Fsp3) is 0.231. The first-order chi connectivity index (χ1) is 16.6. The zero-order chi connectivity index (χ0) is 23.6. The van der Waals surface area contributed by atoms with Crippen LogP contribution in [0.15, 0.2) is 98.1 Å². The van der Waals surface area contributed by atoms with Gasteiger partial charge in [0.1, 0.15) is 37.9 Å². The van der Waals surface area contributed by atoms with Crippen LogP contribution in [0.25, 0.3) is 0 Å². The highest BCUT2D eigenvalue weighted by Gasteiger charge is 2.11. The SMILES string of the molecule is O=C(Cn1cc[n+](Cc2ccccc2)c1)NCCNC(=O)Cn1cc[n+](Cc2ccccc2)c1.[Cl-].[Cl-]. The first-order valence-electron chi connectivity index (χ1n) is 11.3. The third-order valence-corrected chi connectivity index (χ3v) is 5.33. The molecule has 10 heteroatoms. The van der Waals surface area contributed by atoms with Gasteiger partial charge in [-0.05, 0) is 11.1 Å². The number of hydrogen-bond acceptors (Lipinski definition) is 2. The van der Waals surface area contributed by atoms with Crippen LogP contribution in [0.2, 0.25) is 0 Å². The summed E-state index contributed by atoms with van der Waals surface area (Å²) in [4.78, 5) is 24.4. The second-order valence-corrected chi connectivity index (χ2v) is 8.19. The van der Waals surface area contributed by atoms with Crippen molar-refractivity contribution in [2.24, 2.45) is 0 Å². The minimum Gasteiger partial charge on any atom is -1.00 e. The Balaban J connectivity index is 0.00000228. The molecular formula is C26H30Cl2N6O2. The number of carbonyl (C=O) groups is 2. The van der Waals surface area contributed by atoms with Gasteiger partial charge in [-0.3, -0.25) is 9.59 Å². The molecule has 0 atom stereocenters. The summed E-state index contributed by atoms with van der Waals surface area (Å²) in [5, 5.41) is 5.69. The van der Waals surface area contributed by atoms with Crippen LogP contribution < -0.4 is 44.6 Å². The van der Waals surface area contributed by atoms with E-state index in [1.807, 2.05) is 92.1 Å². The minimum atomic E-state index is -0.0935. The van der Waals surface area contributed by atoms with Crippen molar-refractivity contribution >= 4 is 11.8 Å². The van der Waals surface area contributed by atoms with Crippen molar-refractivity contribution in [3.05, 3.63) is 109 Å². The lowest BCUT2D eigenvalue weighted by molar-refractivity contribution is -0.687.